The molecule has 0 aliphatic rings. The summed E-state index contributed by atoms with van der Waals surface area (Å²) in [5.74, 6) is 0. The molecule has 0 saturated carbocycles. The molecule has 0 unspecified atom stereocenters. The highest BCUT2D eigenvalue weighted by Gasteiger charge is 2.23. The summed E-state index contributed by atoms with van der Waals surface area (Å²) in [5.41, 5.74) is 4.14. The van der Waals surface area contributed by atoms with Gasteiger partial charge < -0.3 is 0 Å². The zero-order chi connectivity index (χ0) is 13.8. The van der Waals surface area contributed by atoms with Crippen molar-refractivity contribution >= 4 is 22.5 Å². The van der Waals surface area contributed by atoms with Crippen LogP contribution in [0.2, 0.25) is 6.82 Å². The minimum absolute atomic E-state index is 0.912. The third-order valence-electron chi connectivity index (χ3n) is 4.40. The van der Waals surface area contributed by atoms with Gasteiger partial charge in [0.25, 0.3) is 0 Å². The zero-order valence-corrected chi connectivity index (χ0v) is 11.7. The van der Waals surface area contributed by atoms with Crippen molar-refractivity contribution in [1.29, 1.82) is 0 Å². The summed E-state index contributed by atoms with van der Waals surface area (Å²) < 4.78 is 0. The maximum atomic E-state index is 2.36. The van der Waals surface area contributed by atoms with E-state index in [4.69, 9.17) is 0 Å². The Hall–Kier alpha value is -2.28. The topological polar surface area (TPSA) is 0 Å². The van der Waals surface area contributed by atoms with Crippen LogP contribution in [0.5, 0.6) is 0 Å². The van der Waals surface area contributed by atoms with Gasteiger partial charge in [-0.15, -0.1) is 0 Å². The van der Waals surface area contributed by atoms with Crippen molar-refractivity contribution in [2.24, 2.45) is 0 Å². The fourth-order valence-electron chi connectivity index (χ4n) is 3.09. The van der Waals surface area contributed by atoms with E-state index in [0.29, 0.717) is 0 Å². The van der Waals surface area contributed by atoms with Crippen molar-refractivity contribution in [2.45, 2.75) is 6.82 Å². The number of hydrogen-bond donors (Lipinski definition) is 0. The van der Waals surface area contributed by atoms with Crippen molar-refractivity contribution in [2.75, 3.05) is 0 Å². The predicted molar refractivity (Wildman–Crippen MR) is 89.8 cm³/mol. The number of hydrogen-bond acceptors (Lipinski definition) is 0. The highest BCUT2D eigenvalue weighted by molar-refractivity contribution is 7.10. The van der Waals surface area contributed by atoms with Crippen LogP contribution in [-0.4, -0.2) is 6.15 Å². The predicted octanol–water partition coefficient (Wildman–Crippen LogP) is 2.79. The smallest absolute Gasteiger partial charge is 0.0787 e. The molecule has 0 aliphatic heterocycles. The van der Waals surface area contributed by atoms with E-state index in [1.807, 2.05) is 0 Å². The summed E-state index contributed by atoms with van der Waals surface area (Å²) in [4.78, 5) is 0. The summed E-state index contributed by atoms with van der Waals surface area (Å²) in [7, 11) is 0. The van der Waals surface area contributed by atoms with Gasteiger partial charge in [0, 0.05) is 0 Å². The van der Waals surface area contributed by atoms with Crippen molar-refractivity contribution in [3.8, 4) is 0 Å². The molecule has 0 nitrogen and oxygen atoms in total. The first-order chi connectivity index (χ1) is 9.82. The van der Waals surface area contributed by atoms with Crippen molar-refractivity contribution < 1.29 is 0 Å². The first-order valence-corrected chi connectivity index (χ1v) is 7.18. The largest absolute Gasteiger partial charge is 0.200 e. The Balaban J connectivity index is 2.24. The van der Waals surface area contributed by atoms with Gasteiger partial charge in [-0.25, -0.2) is 16.4 Å². The lowest BCUT2D eigenvalue weighted by molar-refractivity contribution is 1.66. The Labute approximate surface area is 121 Å². The molecule has 0 heterocycles. The van der Waals surface area contributed by atoms with E-state index in [1.165, 1.54) is 16.4 Å². The van der Waals surface area contributed by atoms with E-state index in [-0.39, 0.29) is 0 Å². The average Bonchev–Trinajstić information content (AvgIpc) is 2.56. The molecule has 0 saturated heterocycles. The summed E-state index contributed by atoms with van der Waals surface area (Å²) in [6.45, 7) is 2.36. The van der Waals surface area contributed by atoms with Crippen LogP contribution >= 0.6 is 0 Å². The molecule has 0 amide bonds. The lowest BCUT2D eigenvalue weighted by atomic mass is 9.17. The number of rotatable bonds is 3. The third kappa shape index (κ3) is 2.16. The van der Waals surface area contributed by atoms with Crippen molar-refractivity contribution in [3.05, 3.63) is 91.0 Å². The first-order valence-electron chi connectivity index (χ1n) is 7.18. The molecule has 3 aromatic carbocycles. The van der Waals surface area contributed by atoms with Crippen LogP contribution in [0.1, 0.15) is 0 Å². The molecular weight excluding hydrogens is 239 g/mol. The van der Waals surface area contributed by atoms with E-state index < -0.39 is 6.15 Å². The van der Waals surface area contributed by atoms with Crippen LogP contribution < -0.4 is 16.4 Å². The van der Waals surface area contributed by atoms with Gasteiger partial charge >= 0.3 is 0 Å². The molecule has 3 rings (SSSR count). The minimum Gasteiger partial charge on any atom is -0.200 e. The molecule has 0 atom stereocenters. The molecular formula is C19H18B-. The molecule has 0 spiro atoms. The zero-order valence-electron chi connectivity index (χ0n) is 11.7. The fraction of sp³-hybridized carbons (Fsp3) is 0.0526. The maximum absolute atomic E-state index is 2.36. The lowest BCUT2D eigenvalue weighted by Gasteiger charge is -2.39. The first kappa shape index (κ1) is 12.7. The molecule has 98 valence electrons. The maximum Gasteiger partial charge on any atom is 0.0787 e. The third-order valence-corrected chi connectivity index (χ3v) is 4.40. The second-order valence-corrected chi connectivity index (χ2v) is 5.53. The van der Waals surface area contributed by atoms with E-state index in [1.54, 1.807) is 0 Å². The molecule has 0 bridgehead atoms. The van der Waals surface area contributed by atoms with Gasteiger partial charge in [-0.1, -0.05) is 91.0 Å². The van der Waals surface area contributed by atoms with Crippen LogP contribution in [0.3, 0.4) is 0 Å². The Kier molecular flexibility index (Phi) is 3.43. The molecule has 0 aromatic heterocycles. The SMILES string of the molecule is C[B-](c1ccccc1)(c1ccccc1)c1ccccc1. The second-order valence-electron chi connectivity index (χ2n) is 5.53. The molecule has 0 radical (unpaired) electrons. The molecule has 0 aliphatic carbocycles. The fourth-order valence-corrected chi connectivity index (χ4v) is 3.09. The summed E-state index contributed by atoms with van der Waals surface area (Å²) in [5, 5.41) is 0. The molecule has 0 N–H and O–H groups in total. The van der Waals surface area contributed by atoms with Gasteiger partial charge in [-0.05, 0) is 0 Å². The van der Waals surface area contributed by atoms with Crippen LogP contribution in [-0.2, 0) is 0 Å². The van der Waals surface area contributed by atoms with Gasteiger partial charge in [0.05, 0.1) is 6.15 Å². The standard InChI is InChI=1S/C19H18B/c1-20(17-11-5-2-6-12-17,18-13-7-3-8-14-18)19-15-9-4-10-16-19/h2-16H,1H3/q-1. The van der Waals surface area contributed by atoms with Crippen LogP contribution in [0.25, 0.3) is 0 Å². The van der Waals surface area contributed by atoms with Crippen molar-refractivity contribution in [3.63, 3.8) is 0 Å². The van der Waals surface area contributed by atoms with E-state index in [2.05, 4.69) is 97.8 Å². The van der Waals surface area contributed by atoms with Gasteiger partial charge in [0.2, 0.25) is 0 Å². The van der Waals surface area contributed by atoms with Crippen molar-refractivity contribution in [1.82, 2.24) is 0 Å². The summed E-state index contributed by atoms with van der Waals surface area (Å²) in [6.07, 6.45) is -0.912. The molecule has 1 heteroatoms. The van der Waals surface area contributed by atoms with Crippen LogP contribution in [0.15, 0.2) is 91.0 Å². The van der Waals surface area contributed by atoms with Gasteiger partial charge in [0.1, 0.15) is 0 Å². The minimum atomic E-state index is -0.912. The highest BCUT2D eigenvalue weighted by atomic mass is 14.0. The normalized spacial score (nSPS) is 11.2. The van der Waals surface area contributed by atoms with E-state index >= 15 is 0 Å². The number of benzene rings is 3. The quantitative estimate of drug-likeness (QED) is 0.633. The van der Waals surface area contributed by atoms with Gasteiger partial charge in [-0.2, -0.15) is 6.82 Å². The Morgan fingerprint density at radius 2 is 0.700 bits per heavy atom. The Morgan fingerprint density at radius 1 is 0.450 bits per heavy atom. The summed E-state index contributed by atoms with van der Waals surface area (Å²) >= 11 is 0. The summed E-state index contributed by atoms with van der Waals surface area (Å²) in [6, 6.07) is 32.4. The van der Waals surface area contributed by atoms with E-state index in [0.717, 1.165) is 0 Å². The monoisotopic (exact) mass is 257 g/mol. The Bertz CT molecular complexity index is 563. The van der Waals surface area contributed by atoms with Crippen LogP contribution in [0.4, 0.5) is 0 Å². The molecule has 3 aromatic rings. The molecule has 20 heavy (non-hydrogen) atoms. The second kappa shape index (κ2) is 5.38. The highest BCUT2D eigenvalue weighted by Crippen LogP contribution is 2.06. The van der Waals surface area contributed by atoms with Gasteiger partial charge in [-0.3, -0.25) is 0 Å². The molecule has 0 fully saturated rings. The van der Waals surface area contributed by atoms with E-state index in [9.17, 15) is 0 Å². The average molecular weight is 257 g/mol. The lowest BCUT2D eigenvalue weighted by Crippen LogP contribution is -2.64. The van der Waals surface area contributed by atoms with Crippen LogP contribution in [0, 0.1) is 0 Å². The Morgan fingerprint density at radius 3 is 0.950 bits per heavy atom. The van der Waals surface area contributed by atoms with Gasteiger partial charge in [0.15, 0.2) is 0 Å².